The Bertz CT molecular complexity index is 1610. The van der Waals surface area contributed by atoms with E-state index in [2.05, 4.69) is 42.4 Å². The quantitative estimate of drug-likeness (QED) is 0.357. The van der Waals surface area contributed by atoms with Crippen molar-refractivity contribution >= 4 is 40.0 Å². The molecule has 0 aliphatic carbocycles. The van der Waals surface area contributed by atoms with Gasteiger partial charge in [-0.25, -0.2) is 4.79 Å². The van der Waals surface area contributed by atoms with Crippen molar-refractivity contribution in [3.8, 4) is 5.75 Å². The number of rotatable bonds is 5. The standard InChI is InChI=1S/C28H29ClN6O4/c1-16-11-18(13-23-25(16)31-28(37)39-23)26(36)21-14-24(32-33-27(21)29)34-9-6-19(7-10-34)35-8-5-17-12-20(38-2)3-4-22(17)30-15-35/h3-4,11-14,19,30H,5-10,15H2,1-2H3,(H,31,37). The van der Waals surface area contributed by atoms with Crippen LogP contribution in [0.5, 0.6) is 5.75 Å². The number of H-pyrrole nitrogens is 1. The van der Waals surface area contributed by atoms with Gasteiger partial charge in [0.05, 0.1) is 24.9 Å². The molecule has 0 unspecified atom stereocenters. The number of aromatic amines is 1. The van der Waals surface area contributed by atoms with Crippen LogP contribution in [-0.4, -0.2) is 65.3 Å². The number of carbonyl (C=O) groups is 1. The van der Waals surface area contributed by atoms with Gasteiger partial charge in [-0.2, -0.15) is 0 Å². The highest BCUT2D eigenvalue weighted by molar-refractivity contribution is 6.33. The van der Waals surface area contributed by atoms with Gasteiger partial charge in [0.1, 0.15) is 5.75 Å². The zero-order chi connectivity index (χ0) is 27.1. The van der Waals surface area contributed by atoms with Crippen molar-refractivity contribution in [2.45, 2.75) is 32.2 Å². The van der Waals surface area contributed by atoms with Crippen LogP contribution in [0.2, 0.25) is 5.15 Å². The summed E-state index contributed by atoms with van der Waals surface area (Å²) in [7, 11) is 1.69. The average molecular weight is 549 g/mol. The second-order valence-corrected chi connectivity index (χ2v) is 10.4. The van der Waals surface area contributed by atoms with Gasteiger partial charge in [-0.3, -0.25) is 14.7 Å². The van der Waals surface area contributed by atoms with Gasteiger partial charge in [0.2, 0.25) is 0 Å². The first-order valence-corrected chi connectivity index (χ1v) is 13.4. The lowest BCUT2D eigenvalue weighted by molar-refractivity contribution is 0.103. The Kier molecular flexibility index (Phi) is 6.74. The normalized spacial score (nSPS) is 16.5. The predicted molar refractivity (Wildman–Crippen MR) is 149 cm³/mol. The van der Waals surface area contributed by atoms with Crippen LogP contribution in [-0.2, 0) is 6.42 Å². The number of aromatic nitrogens is 3. The molecule has 11 heteroatoms. The molecule has 1 saturated heterocycles. The van der Waals surface area contributed by atoms with Crippen LogP contribution in [0.15, 0.2) is 45.6 Å². The second kappa shape index (κ2) is 10.3. The predicted octanol–water partition coefficient (Wildman–Crippen LogP) is 4.01. The molecular weight excluding hydrogens is 520 g/mol. The molecule has 2 aromatic carbocycles. The lowest BCUT2D eigenvalue weighted by Gasteiger charge is -2.38. The number of aryl methyl sites for hydroxylation is 1. The Labute approximate surface area is 229 Å². The number of hydrogen-bond donors (Lipinski definition) is 2. The van der Waals surface area contributed by atoms with E-state index < -0.39 is 5.76 Å². The Balaban J connectivity index is 1.14. The van der Waals surface area contributed by atoms with Crippen LogP contribution in [0.4, 0.5) is 11.5 Å². The highest BCUT2D eigenvalue weighted by Crippen LogP contribution is 2.29. The number of anilines is 2. The number of nitrogens with zero attached hydrogens (tertiary/aromatic N) is 4. The van der Waals surface area contributed by atoms with Crippen LogP contribution in [0.1, 0.15) is 39.9 Å². The summed E-state index contributed by atoms with van der Waals surface area (Å²) in [4.78, 5) is 32.3. The van der Waals surface area contributed by atoms with Crippen LogP contribution >= 0.6 is 11.6 Å². The van der Waals surface area contributed by atoms with E-state index in [1.54, 1.807) is 25.3 Å². The van der Waals surface area contributed by atoms with E-state index in [0.29, 0.717) is 28.5 Å². The van der Waals surface area contributed by atoms with Gasteiger partial charge in [-0.1, -0.05) is 11.6 Å². The van der Waals surface area contributed by atoms with Gasteiger partial charge < -0.3 is 19.4 Å². The summed E-state index contributed by atoms with van der Waals surface area (Å²) in [5.74, 6) is 0.645. The minimum absolute atomic E-state index is 0.0405. The molecule has 2 aliphatic heterocycles. The van der Waals surface area contributed by atoms with Crippen LogP contribution in [0, 0.1) is 6.92 Å². The SMILES string of the molecule is COc1ccc2c(c1)CCN(C1CCN(c3cc(C(=O)c4cc(C)c5[nH]c(=O)oc5c4)c(Cl)nn3)CC1)CN2. The number of fused-ring (bicyclic) bond motifs is 2. The fourth-order valence-electron chi connectivity index (χ4n) is 5.57. The van der Waals surface area contributed by atoms with Crippen molar-refractivity contribution in [2.24, 2.45) is 0 Å². The Morgan fingerprint density at radius 2 is 1.95 bits per heavy atom. The van der Waals surface area contributed by atoms with Crippen molar-refractivity contribution in [3.05, 3.63) is 74.4 Å². The first-order chi connectivity index (χ1) is 18.9. The molecule has 4 aromatic rings. The van der Waals surface area contributed by atoms with Gasteiger partial charge in [0.25, 0.3) is 0 Å². The van der Waals surface area contributed by atoms with E-state index in [1.165, 1.54) is 5.56 Å². The number of nitrogens with one attached hydrogen (secondary N) is 2. The van der Waals surface area contributed by atoms with Crippen molar-refractivity contribution in [1.82, 2.24) is 20.1 Å². The highest BCUT2D eigenvalue weighted by Gasteiger charge is 2.28. The summed E-state index contributed by atoms with van der Waals surface area (Å²) < 4.78 is 10.6. The molecule has 2 aliphatic rings. The van der Waals surface area contributed by atoms with Crippen molar-refractivity contribution in [3.63, 3.8) is 0 Å². The third-order valence-electron chi connectivity index (χ3n) is 7.73. The summed E-state index contributed by atoms with van der Waals surface area (Å²) in [6, 6.07) is 11.6. The topological polar surface area (TPSA) is 117 Å². The molecule has 1 fully saturated rings. The summed E-state index contributed by atoms with van der Waals surface area (Å²) in [5, 5.41) is 12.0. The van der Waals surface area contributed by atoms with Crippen molar-refractivity contribution < 1.29 is 13.9 Å². The number of ether oxygens (including phenoxy) is 1. The maximum Gasteiger partial charge on any atom is 0.417 e. The number of hydrogen-bond acceptors (Lipinski definition) is 9. The molecule has 2 aromatic heterocycles. The van der Waals surface area contributed by atoms with Crippen LogP contribution < -0.4 is 20.7 Å². The van der Waals surface area contributed by atoms with E-state index >= 15 is 0 Å². The van der Waals surface area contributed by atoms with E-state index in [-0.39, 0.29) is 16.5 Å². The highest BCUT2D eigenvalue weighted by atomic mass is 35.5. The van der Waals surface area contributed by atoms with Gasteiger partial charge in [-0.15, -0.1) is 10.2 Å². The molecule has 0 bridgehead atoms. The lowest BCUT2D eigenvalue weighted by Crippen LogP contribution is -2.47. The summed E-state index contributed by atoms with van der Waals surface area (Å²) >= 11 is 6.33. The number of methoxy groups -OCH3 is 1. The fraction of sp³-hybridized carbons (Fsp3) is 0.357. The molecular formula is C28H29ClN6O4. The van der Waals surface area contributed by atoms with Crippen LogP contribution in [0.25, 0.3) is 11.1 Å². The van der Waals surface area contributed by atoms with E-state index in [4.69, 9.17) is 20.8 Å². The Morgan fingerprint density at radius 1 is 1.13 bits per heavy atom. The van der Waals surface area contributed by atoms with Gasteiger partial charge in [0, 0.05) is 36.9 Å². The van der Waals surface area contributed by atoms with Crippen LogP contribution in [0.3, 0.4) is 0 Å². The van der Waals surface area contributed by atoms with E-state index in [0.717, 1.165) is 62.6 Å². The molecule has 0 saturated carbocycles. The number of halogens is 1. The summed E-state index contributed by atoms with van der Waals surface area (Å²) in [6.07, 6.45) is 2.90. The zero-order valence-corrected chi connectivity index (χ0v) is 22.5. The van der Waals surface area contributed by atoms with Gasteiger partial charge >= 0.3 is 5.76 Å². The average Bonchev–Trinajstić information content (AvgIpc) is 3.21. The minimum atomic E-state index is -0.562. The number of piperidine rings is 1. The smallest absolute Gasteiger partial charge is 0.417 e. The van der Waals surface area contributed by atoms with Crippen molar-refractivity contribution in [2.75, 3.05) is 43.6 Å². The third-order valence-corrected chi connectivity index (χ3v) is 8.01. The molecule has 0 amide bonds. The zero-order valence-electron chi connectivity index (χ0n) is 21.8. The minimum Gasteiger partial charge on any atom is -0.497 e. The molecule has 10 nitrogen and oxygen atoms in total. The Hall–Kier alpha value is -3.89. The number of ketones is 1. The maximum atomic E-state index is 13.4. The lowest BCUT2D eigenvalue weighted by atomic mass is 10.0. The summed E-state index contributed by atoms with van der Waals surface area (Å²) in [6.45, 7) is 5.18. The van der Waals surface area contributed by atoms with Gasteiger partial charge in [-0.05, 0) is 73.7 Å². The Morgan fingerprint density at radius 3 is 2.74 bits per heavy atom. The monoisotopic (exact) mass is 548 g/mol. The first-order valence-electron chi connectivity index (χ1n) is 13.0. The summed E-state index contributed by atoms with van der Waals surface area (Å²) in [5.41, 5.74) is 4.71. The fourth-order valence-corrected chi connectivity index (χ4v) is 5.75. The largest absolute Gasteiger partial charge is 0.497 e. The third kappa shape index (κ3) is 4.97. The van der Waals surface area contributed by atoms with E-state index in [1.807, 2.05) is 13.0 Å². The van der Waals surface area contributed by atoms with Gasteiger partial charge in [0.15, 0.2) is 22.3 Å². The maximum absolute atomic E-state index is 13.4. The number of benzene rings is 2. The number of carbonyl (C=O) groups excluding carboxylic acids is 1. The molecule has 2 N–H and O–H groups in total. The molecule has 4 heterocycles. The molecule has 0 spiro atoms. The van der Waals surface area contributed by atoms with E-state index in [9.17, 15) is 9.59 Å². The molecule has 6 rings (SSSR count). The molecule has 0 radical (unpaired) electrons. The van der Waals surface area contributed by atoms with Crippen molar-refractivity contribution in [1.29, 1.82) is 0 Å². The molecule has 39 heavy (non-hydrogen) atoms. The first kappa shape index (κ1) is 25.4. The molecule has 0 atom stereocenters. The second-order valence-electron chi connectivity index (χ2n) is 10.1. The molecule has 202 valence electrons. The number of oxazole rings is 1.